The van der Waals surface area contributed by atoms with Gasteiger partial charge in [0, 0.05) is 0 Å². The van der Waals surface area contributed by atoms with Gasteiger partial charge in [0.25, 0.3) is 0 Å². The van der Waals surface area contributed by atoms with Crippen molar-refractivity contribution in [2.24, 2.45) is 0 Å². The molecule has 0 aliphatic heterocycles. The van der Waals surface area contributed by atoms with Gasteiger partial charge in [0.1, 0.15) is 0 Å². The molecule has 0 fully saturated rings. The number of aliphatic carboxylic acids is 1. The van der Waals surface area contributed by atoms with E-state index in [1.54, 1.807) is 0 Å². The highest BCUT2D eigenvalue weighted by Gasteiger charge is 2.17. The van der Waals surface area contributed by atoms with Crippen molar-refractivity contribution in [1.29, 1.82) is 0 Å². The lowest BCUT2D eigenvalue weighted by molar-refractivity contribution is -0.136. The van der Waals surface area contributed by atoms with Crippen molar-refractivity contribution in [2.75, 3.05) is 0 Å². The van der Waals surface area contributed by atoms with E-state index in [0.717, 1.165) is 22.3 Å². The van der Waals surface area contributed by atoms with E-state index in [0.29, 0.717) is 0 Å². The van der Waals surface area contributed by atoms with Crippen LogP contribution in [0.1, 0.15) is 61.8 Å². The van der Waals surface area contributed by atoms with Crippen molar-refractivity contribution >= 4 is 5.97 Å². The van der Waals surface area contributed by atoms with Crippen molar-refractivity contribution in [3.63, 3.8) is 0 Å². The zero-order chi connectivity index (χ0) is 13.9. The highest BCUT2D eigenvalue weighted by molar-refractivity contribution is 5.72. The predicted molar refractivity (Wildman–Crippen MR) is 71.9 cm³/mol. The summed E-state index contributed by atoms with van der Waals surface area (Å²) in [6, 6.07) is 3.85. The maximum Gasteiger partial charge on any atom is 0.307 e. The van der Waals surface area contributed by atoms with Crippen molar-refractivity contribution in [1.82, 2.24) is 0 Å². The molecule has 0 heterocycles. The molecule has 1 aromatic carbocycles. The molecule has 0 bridgehead atoms. The third kappa shape index (κ3) is 3.33. The Balaban J connectivity index is 3.44. The van der Waals surface area contributed by atoms with Gasteiger partial charge >= 0.3 is 5.97 Å². The van der Waals surface area contributed by atoms with E-state index >= 15 is 0 Å². The molecule has 3 heteroatoms. The second-order valence-electron chi connectivity index (χ2n) is 5.29. The van der Waals surface area contributed by atoms with Crippen molar-refractivity contribution in [3.8, 4) is 0 Å². The lowest BCUT2D eigenvalue weighted by Gasteiger charge is -2.20. The summed E-state index contributed by atoms with van der Waals surface area (Å²) in [5, 5.41) is 18.4. The van der Waals surface area contributed by atoms with Crippen molar-refractivity contribution in [2.45, 2.75) is 52.6 Å². The van der Waals surface area contributed by atoms with E-state index < -0.39 is 5.97 Å². The smallest absolute Gasteiger partial charge is 0.307 e. The van der Waals surface area contributed by atoms with Crippen molar-refractivity contribution in [3.05, 3.63) is 34.4 Å². The molecule has 0 radical (unpaired) electrons. The van der Waals surface area contributed by atoms with E-state index in [1.165, 1.54) is 0 Å². The molecule has 0 spiro atoms. The first-order valence-corrected chi connectivity index (χ1v) is 6.35. The first-order chi connectivity index (χ1) is 8.36. The first-order valence-electron chi connectivity index (χ1n) is 6.35. The van der Waals surface area contributed by atoms with Gasteiger partial charge in [-0.2, -0.15) is 0 Å². The van der Waals surface area contributed by atoms with Crippen LogP contribution in [0.25, 0.3) is 0 Å². The molecule has 100 valence electrons. The molecule has 0 atom stereocenters. The molecule has 0 amide bonds. The summed E-state index contributed by atoms with van der Waals surface area (Å²) in [7, 11) is 0. The van der Waals surface area contributed by atoms with Crippen LogP contribution in [-0.4, -0.2) is 16.2 Å². The number of benzene rings is 1. The minimum atomic E-state index is -0.810. The van der Waals surface area contributed by atoms with Gasteiger partial charge in [-0.15, -0.1) is 0 Å². The molecular formula is C15H22O3. The van der Waals surface area contributed by atoms with Gasteiger partial charge in [-0.05, 0) is 34.1 Å². The molecule has 0 saturated carbocycles. The number of aliphatic hydroxyl groups is 1. The molecule has 18 heavy (non-hydrogen) atoms. The van der Waals surface area contributed by atoms with Gasteiger partial charge in [0.05, 0.1) is 13.0 Å². The predicted octanol–water partition coefficient (Wildman–Crippen LogP) is 3.05. The van der Waals surface area contributed by atoms with Crippen LogP contribution < -0.4 is 0 Å². The quantitative estimate of drug-likeness (QED) is 0.844. The Hall–Kier alpha value is -1.35. The van der Waals surface area contributed by atoms with Crippen LogP contribution in [0.5, 0.6) is 0 Å². The Morgan fingerprint density at radius 2 is 1.56 bits per heavy atom. The van der Waals surface area contributed by atoms with Crippen LogP contribution in [0.2, 0.25) is 0 Å². The molecule has 0 aliphatic carbocycles. The number of rotatable bonds is 5. The molecule has 0 aliphatic rings. The lowest BCUT2D eigenvalue weighted by atomic mass is 9.85. The third-order valence-corrected chi connectivity index (χ3v) is 3.13. The minimum absolute atomic E-state index is 0.00715. The van der Waals surface area contributed by atoms with Crippen LogP contribution in [0.15, 0.2) is 12.1 Å². The molecule has 2 N–H and O–H groups in total. The second-order valence-corrected chi connectivity index (χ2v) is 5.29. The highest BCUT2D eigenvalue weighted by atomic mass is 16.4. The van der Waals surface area contributed by atoms with Gasteiger partial charge < -0.3 is 10.2 Å². The summed E-state index contributed by atoms with van der Waals surface area (Å²) in [6.07, 6.45) is 0.0483. The average molecular weight is 250 g/mol. The molecular weight excluding hydrogens is 228 g/mol. The number of hydrogen-bond acceptors (Lipinski definition) is 2. The fourth-order valence-corrected chi connectivity index (χ4v) is 2.26. The Bertz CT molecular complexity index is 404. The van der Waals surface area contributed by atoms with Crippen LogP contribution in [0.4, 0.5) is 0 Å². The normalized spacial score (nSPS) is 11.3. The SMILES string of the molecule is CC(C)c1cc(CO)cc(C(C)C)c1CC(=O)O. The molecule has 1 rings (SSSR count). The van der Waals surface area contributed by atoms with E-state index in [2.05, 4.69) is 0 Å². The standard InChI is InChI=1S/C15H22O3/c1-9(2)12-5-11(8-16)6-13(10(3)4)14(12)7-15(17)18/h5-6,9-10,16H,7-8H2,1-4H3,(H,17,18). The van der Waals surface area contributed by atoms with Crippen LogP contribution in [0, 0.1) is 0 Å². The van der Waals surface area contributed by atoms with E-state index in [-0.39, 0.29) is 24.9 Å². The molecule has 3 nitrogen and oxygen atoms in total. The van der Waals surface area contributed by atoms with Gasteiger partial charge in [-0.1, -0.05) is 39.8 Å². The minimum Gasteiger partial charge on any atom is -0.481 e. The summed E-state index contributed by atoms with van der Waals surface area (Å²) in [6.45, 7) is 8.18. The summed E-state index contributed by atoms with van der Waals surface area (Å²) < 4.78 is 0. The van der Waals surface area contributed by atoms with Crippen LogP contribution in [0.3, 0.4) is 0 Å². The number of hydrogen-bond donors (Lipinski definition) is 2. The Labute approximate surface area is 108 Å². The van der Waals surface area contributed by atoms with E-state index in [1.807, 2.05) is 39.8 Å². The largest absolute Gasteiger partial charge is 0.481 e. The average Bonchev–Trinajstić information content (AvgIpc) is 2.27. The van der Waals surface area contributed by atoms with Crippen LogP contribution in [-0.2, 0) is 17.8 Å². The third-order valence-electron chi connectivity index (χ3n) is 3.13. The number of carboxylic acid groups (broad SMARTS) is 1. The second kappa shape index (κ2) is 6.01. The van der Waals surface area contributed by atoms with E-state index in [9.17, 15) is 9.90 Å². The van der Waals surface area contributed by atoms with Gasteiger partial charge in [-0.25, -0.2) is 0 Å². The summed E-state index contributed by atoms with van der Waals surface area (Å²) in [4.78, 5) is 11.0. The maximum absolute atomic E-state index is 11.0. The Kier molecular flexibility index (Phi) is 4.91. The summed E-state index contributed by atoms with van der Waals surface area (Å²) >= 11 is 0. The summed E-state index contributed by atoms with van der Waals surface area (Å²) in [5.74, 6) is -0.303. The fourth-order valence-electron chi connectivity index (χ4n) is 2.26. The zero-order valence-corrected chi connectivity index (χ0v) is 11.5. The number of carboxylic acids is 1. The van der Waals surface area contributed by atoms with Crippen molar-refractivity contribution < 1.29 is 15.0 Å². The van der Waals surface area contributed by atoms with Gasteiger partial charge in [0.2, 0.25) is 0 Å². The number of aliphatic hydroxyl groups excluding tert-OH is 1. The Morgan fingerprint density at radius 3 is 1.83 bits per heavy atom. The maximum atomic E-state index is 11.0. The highest BCUT2D eigenvalue weighted by Crippen LogP contribution is 2.30. The Morgan fingerprint density at radius 1 is 1.11 bits per heavy atom. The van der Waals surface area contributed by atoms with Gasteiger partial charge in [0.15, 0.2) is 0 Å². The number of carbonyl (C=O) groups is 1. The molecule has 1 aromatic rings. The lowest BCUT2D eigenvalue weighted by Crippen LogP contribution is -2.10. The zero-order valence-electron chi connectivity index (χ0n) is 11.5. The topological polar surface area (TPSA) is 57.5 Å². The summed E-state index contributed by atoms with van der Waals surface area (Å²) in [5.41, 5.74) is 3.83. The van der Waals surface area contributed by atoms with E-state index in [4.69, 9.17) is 5.11 Å². The van der Waals surface area contributed by atoms with Crippen LogP contribution >= 0.6 is 0 Å². The molecule has 0 aromatic heterocycles. The monoisotopic (exact) mass is 250 g/mol. The molecule has 0 saturated heterocycles. The fraction of sp³-hybridized carbons (Fsp3) is 0.533. The molecule has 0 unspecified atom stereocenters. The first kappa shape index (κ1) is 14.7. The van der Waals surface area contributed by atoms with Gasteiger partial charge in [-0.3, -0.25) is 4.79 Å².